The van der Waals surface area contributed by atoms with Gasteiger partial charge in [0, 0.05) is 23.2 Å². The Morgan fingerprint density at radius 3 is 2.53 bits per heavy atom. The molecule has 1 amide bonds. The van der Waals surface area contributed by atoms with Crippen LogP contribution >= 0.6 is 0 Å². The summed E-state index contributed by atoms with van der Waals surface area (Å²) >= 11 is 0. The second kappa shape index (κ2) is 6.57. The van der Waals surface area contributed by atoms with Crippen molar-refractivity contribution in [2.75, 3.05) is 18.9 Å². The third-order valence-electron chi connectivity index (χ3n) is 4.08. The smallest absolute Gasteiger partial charge is 0.251 e. The first kappa shape index (κ1) is 15.5. The van der Waals surface area contributed by atoms with Crippen molar-refractivity contribution in [2.24, 2.45) is 5.41 Å². The highest BCUT2D eigenvalue weighted by molar-refractivity contribution is 5.96. The number of aliphatic hydroxyl groups is 1. The van der Waals surface area contributed by atoms with Gasteiger partial charge in [-0.3, -0.25) is 4.79 Å². The molecule has 0 aliphatic rings. The molecule has 0 spiro atoms. The van der Waals surface area contributed by atoms with Gasteiger partial charge in [-0.15, -0.1) is 0 Å². The fraction of sp³-hybridized carbons (Fsp3) is 0.533. The normalized spacial score (nSPS) is 11.4. The molecule has 0 unspecified atom stereocenters. The van der Waals surface area contributed by atoms with Crippen LogP contribution in [0.4, 0.5) is 5.69 Å². The van der Waals surface area contributed by atoms with Crippen LogP contribution in [-0.2, 0) is 0 Å². The minimum Gasteiger partial charge on any atom is -0.398 e. The molecule has 1 aromatic carbocycles. The van der Waals surface area contributed by atoms with E-state index in [2.05, 4.69) is 5.32 Å². The van der Waals surface area contributed by atoms with Crippen molar-refractivity contribution < 1.29 is 9.90 Å². The second-order valence-corrected chi connectivity index (χ2v) is 5.07. The van der Waals surface area contributed by atoms with Crippen molar-refractivity contribution in [3.8, 4) is 0 Å². The van der Waals surface area contributed by atoms with Gasteiger partial charge in [0.2, 0.25) is 0 Å². The topological polar surface area (TPSA) is 75.3 Å². The molecule has 4 nitrogen and oxygen atoms in total. The number of carbonyl (C=O) groups is 1. The molecule has 0 saturated heterocycles. The van der Waals surface area contributed by atoms with Gasteiger partial charge in [0.15, 0.2) is 0 Å². The second-order valence-electron chi connectivity index (χ2n) is 5.07. The van der Waals surface area contributed by atoms with Crippen molar-refractivity contribution >= 4 is 11.6 Å². The molecule has 0 aromatic heterocycles. The molecule has 0 radical (unpaired) electrons. The molecule has 4 N–H and O–H groups in total. The van der Waals surface area contributed by atoms with Gasteiger partial charge >= 0.3 is 0 Å². The van der Waals surface area contributed by atoms with Gasteiger partial charge in [-0.25, -0.2) is 0 Å². The Morgan fingerprint density at radius 1 is 1.37 bits per heavy atom. The maximum absolute atomic E-state index is 12.2. The van der Waals surface area contributed by atoms with Crippen LogP contribution < -0.4 is 11.1 Å². The number of benzene rings is 1. The molecular formula is C15H24N2O2. The Morgan fingerprint density at radius 2 is 2.00 bits per heavy atom. The van der Waals surface area contributed by atoms with Crippen LogP contribution in [0.5, 0.6) is 0 Å². The zero-order chi connectivity index (χ0) is 14.5. The van der Waals surface area contributed by atoms with E-state index >= 15 is 0 Å². The van der Waals surface area contributed by atoms with Crippen molar-refractivity contribution in [3.05, 3.63) is 29.3 Å². The quantitative estimate of drug-likeness (QED) is 0.689. The lowest BCUT2D eigenvalue weighted by atomic mass is 9.83. The average molecular weight is 264 g/mol. The number of rotatable bonds is 6. The highest BCUT2D eigenvalue weighted by Crippen LogP contribution is 2.24. The standard InChI is InChI=1S/C15H24N2O2/c1-4-15(5-2,10-18)9-17-14(19)12-7-6-8-13(16)11(12)3/h6-8,18H,4-5,9-10,16H2,1-3H3,(H,17,19). The largest absolute Gasteiger partial charge is 0.398 e. The number of nitrogen functional groups attached to an aromatic ring is 1. The molecular weight excluding hydrogens is 240 g/mol. The number of carbonyl (C=O) groups excluding carboxylic acids is 1. The molecule has 0 fully saturated rings. The Kier molecular flexibility index (Phi) is 5.36. The van der Waals surface area contributed by atoms with Gasteiger partial charge in [0.1, 0.15) is 0 Å². The van der Waals surface area contributed by atoms with Gasteiger partial charge in [0.25, 0.3) is 5.91 Å². The molecule has 4 heteroatoms. The van der Waals surface area contributed by atoms with E-state index in [1.165, 1.54) is 0 Å². The number of nitrogens with two attached hydrogens (primary N) is 1. The van der Waals surface area contributed by atoms with Crippen LogP contribution in [0.15, 0.2) is 18.2 Å². The number of hydrogen-bond donors (Lipinski definition) is 3. The fourth-order valence-corrected chi connectivity index (χ4v) is 2.04. The number of nitrogens with one attached hydrogen (secondary N) is 1. The van der Waals surface area contributed by atoms with Crippen LogP contribution in [0.2, 0.25) is 0 Å². The summed E-state index contributed by atoms with van der Waals surface area (Å²) in [5, 5.41) is 12.4. The summed E-state index contributed by atoms with van der Waals surface area (Å²) in [5.74, 6) is -0.135. The summed E-state index contributed by atoms with van der Waals surface area (Å²) in [6, 6.07) is 5.32. The number of amides is 1. The van der Waals surface area contributed by atoms with E-state index in [1.54, 1.807) is 18.2 Å². The van der Waals surface area contributed by atoms with E-state index < -0.39 is 0 Å². The molecule has 0 aliphatic carbocycles. The van der Waals surface area contributed by atoms with Gasteiger partial charge in [-0.2, -0.15) is 0 Å². The fourth-order valence-electron chi connectivity index (χ4n) is 2.04. The van der Waals surface area contributed by atoms with Crippen molar-refractivity contribution in [3.63, 3.8) is 0 Å². The molecule has 19 heavy (non-hydrogen) atoms. The predicted molar refractivity (Wildman–Crippen MR) is 78.0 cm³/mol. The van der Waals surface area contributed by atoms with Crippen LogP contribution in [0.3, 0.4) is 0 Å². The van der Waals surface area contributed by atoms with Crippen LogP contribution in [0.1, 0.15) is 42.6 Å². The van der Waals surface area contributed by atoms with E-state index in [1.807, 2.05) is 20.8 Å². The lowest BCUT2D eigenvalue weighted by Crippen LogP contribution is -2.39. The lowest BCUT2D eigenvalue weighted by molar-refractivity contribution is 0.0850. The molecule has 0 atom stereocenters. The predicted octanol–water partition coefficient (Wildman–Crippen LogP) is 2.11. The maximum atomic E-state index is 12.2. The van der Waals surface area contributed by atoms with Gasteiger partial charge in [-0.1, -0.05) is 19.9 Å². The zero-order valence-corrected chi connectivity index (χ0v) is 12.0. The van der Waals surface area contributed by atoms with Gasteiger partial charge in [-0.05, 0) is 37.5 Å². The van der Waals surface area contributed by atoms with E-state index in [9.17, 15) is 9.90 Å². The summed E-state index contributed by atoms with van der Waals surface area (Å²) in [5.41, 5.74) is 7.57. The highest BCUT2D eigenvalue weighted by atomic mass is 16.3. The Hall–Kier alpha value is -1.55. The number of aliphatic hydroxyl groups excluding tert-OH is 1. The SMILES string of the molecule is CCC(CC)(CO)CNC(=O)c1cccc(N)c1C. The first-order chi connectivity index (χ1) is 8.99. The Labute approximate surface area is 115 Å². The molecule has 1 aromatic rings. The van der Waals surface area contributed by atoms with E-state index in [4.69, 9.17) is 5.73 Å². The minimum absolute atomic E-state index is 0.0796. The summed E-state index contributed by atoms with van der Waals surface area (Å²) in [7, 11) is 0. The molecule has 0 bridgehead atoms. The van der Waals surface area contributed by atoms with Crippen LogP contribution in [0, 0.1) is 12.3 Å². The molecule has 0 saturated carbocycles. The Bertz CT molecular complexity index is 432. The summed E-state index contributed by atoms with van der Waals surface area (Å²) in [6.07, 6.45) is 1.66. The molecule has 106 valence electrons. The maximum Gasteiger partial charge on any atom is 0.251 e. The first-order valence-electron chi connectivity index (χ1n) is 6.74. The van der Waals surface area contributed by atoms with E-state index in [0.717, 1.165) is 18.4 Å². The van der Waals surface area contributed by atoms with Crippen molar-refractivity contribution in [1.82, 2.24) is 5.32 Å². The summed E-state index contributed by atoms with van der Waals surface area (Å²) in [6.45, 7) is 6.44. The van der Waals surface area contributed by atoms with E-state index in [-0.39, 0.29) is 17.9 Å². The van der Waals surface area contributed by atoms with Crippen LogP contribution in [0.25, 0.3) is 0 Å². The van der Waals surface area contributed by atoms with Gasteiger partial charge < -0.3 is 16.2 Å². The Balaban J connectivity index is 2.78. The van der Waals surface area contributed by atoms with Gasteiger partial charge in [0.05, 0.1) is 6.61 Å². The van der Waals surface area contributed by atoms with Crippen molar-refractivity contribution in [2.45, 2.75) is 33.6 Å². The molecule has 0 heterocycles. The van der Waals surface area contributed by atoms with E-state index in [0.29, 0.717) is 17.8 Å². The first-order valence-corrected chi connectivity index (χ1v) is 6.74. The third kappa shape index (κ3) is 3.47. The zero-order valence-electron chi connectivity index (χ0n) is 12.0. The summed E-state index contributed by atoms with van der Waals surface area (Å²) in [4.78, 5) is 12.2. The number of anilines is 1. The van der Waals surface area contributed by atoms with Crippen LogP contribution in [-0.4, -0.2) is 24.2 Å². The molecule has 0 aliphatic heterocycles. The summed E-state index contributed by atoms with van der Waals surface area (Å²) < 4.78 is 0. The third-order valence-corrected chi connectivity index (χ3v) is 4.08. The average Bonchev–Trinajstić information content (AvgIpc) is 2.44. The lowest BCUT2D eigenvalue weighted by Gasteiger charge is -2.29. The minimum atomic E-state index is -0.232. The van der Waals surface area contributed by atoms with Crippen molar-refractivity contribution in [1.29, 1.82) is 0 Å². The monoisotopic (exact) mass is 264 g/mol. The number of hydrogen-bond acceptors (Lipinski definition) is 3. The molecule has 1 rings (SSSR count). The highest BCUT2D eigenvalue weighted by Gasteiger charge is 2.26.